The van der Waals surface area contributed by atoms with E-state index in [9.17, 15) is 23.3 Å². The van der Waals surface area contributed by atoms with E-state index in [2.05, 4.69) is 10.5 Å². The predicted molar refractivity (Wildman–Crippen MR) is 130 cm³/mol. The van der Waals surface area contributed by atoms with E-state index in [1.807, 2.05) is 30.3 Å². The van der Waals surface area contributed by atoms with E-state index < -0.39 is 38.0 Å². The number of hydrogen-bond acceptors (Lipinski definition) is 6. The van der Waals surface area contributed by atoms with Crippen molar-refractivity contribution in [2.24, 2.45) is 5.10 Å². The Kier molecular flexibility index (Phi) is 8.10. The normalized spacial score (nSPS) is 11.6. The van der Waals surface area contributed by atoms with E-state index in [0.29, 0.717) is 12.1 Å². The average Bonchev–Trinajstić information content (AvgIpc) is 2.85. The standard InChI is InChI=1S/C24H24N4O5S/c1-19(16-17-20-10-4-2-5-11-20)25-26-24(29)18-27(21-12-6-3-7-13-21)34(32,33)23-15-9-8-14-22(23)28(30)31/h2-15H,16-18H2,1H3,(H,26,29)/b25-19-. The molecule has 0 aromatic heterocycles. The molecule has 3 aromatic carbocycles. The number of sulfonamides is 1. The quantitative estimate of drug-likeness (QED) is 0.268. The summed E-state index contributed by atoms with van der Waals surface area (Å²) in [5.41, 5.74) is 3.82. The number of benzene rings is 3. The molecule has 176 valence electrons. The Labute approximate surface area is 197 Å². The number of nitrogens with one attached hydrogen (secondary N) is 1. The lowest BCUT2D eigenvalue weighted by atomic mass is 10.1. The second kappa shape index (κ2) is 11.2. The highest BCUT2D eigenvalue weighted by Crippen LogP contribution is 2.29. The summed E-state index contributed by atoms with van der Waals surface area (Å²) in [7, 11) is -4.43. The van der Waals surface area contributed by atoms with Crippen LogP contribution in [0.1, 0.15) is 18.9 Å². The highest BCUT2D eigenvalue weighted by molar-refractivity contribution is 7.93. The lowest BCUT2D eigenvalue weighted by molar-refractivity contribution is -0.387. The van der Waals surface area contributed by atoms with Crippen molar-refractivity contribution in [2.45, 2.75) is 24.7 Å². The van der Waals surface area contributed by atoms with Gasteiger partial charge in [0, 0.05) is 11.8 Å². The zero-order valence-corrected chi connectivity index (χ0v) is 19.3. The SMILES string of the molecule is C/C(CCc1ccccc1)=N/NC(=O)CN(c1ccccc1)S(=O)(=O)c1ccccc1[N+](=O)[O-]. The molecule has 1 N–H and O–H groups in total. The van der Waals surface area contributed by atoms with Gasteiger partial charge in [0.15, 0.2) is 4.90 Å². The topological polar surface area (TPSA) is 122 Å². The van der Waals surface area contributed by atoms with Crippen LogP contribution < -0.4 is 9.73 Å². The molecule has 3 aromatic rings. The molecule has 0 saturated carbocycles. The van der Waals surface area contributed by atoms with Crippen LogP contribution in [0.15, 0.2) is 94.9 Å². The molecule has 0 aliphatic rings. The number of carbonyl (C=O) groups is 1. The van der Waals surface area contributed by atoms with E-state index >= 15 is 0 Å². The molecule has 9 nitrogen and oxygen atoms in total. The van der Waals surface area contributed by atoms with Crippen LogP contribution in [0, 0.1) is 10.1 Å². The number of hydrogen-bond donors (Lipinski definition) is 1. The van der Waals surface area contributed by atoms with Crippen molar-refractivity contribution in [3.8, 4) is 0 Å². The summed E-state index contributed by atoms with van der Waals surface area (Å²) in [6.07, 6.45) is 1.36. The summed E-state index contributed by atoms with van der Waals surface area (Å²) in [5, 5.41) is 15.5. The molecular formula is C24H24N4O5S. The van der Waals surface area contributed by atoms with Gasteiger partial charge in [-0.05, 0) is 43.5 Å². The number of nitrogens with zero attached hydrogens (tertiary/aromatic N) is 3. The lowest BCUT2D eigenvalue weighted by Crippen LogP contribution is -2.40. The van der Waals surface area contributed by atoms with Gasteiger partial charge in [-0.25, -0.2) is 13.8 Å². The third-order valence-corrected chi connectivity index (χ3v) is 6.77. The van der Waals surface area contributed by atoms with Crippen LogP contribution in [0.2, 0.25) is 0 Å². The van der Waals surface area contributed by atoms with Gasteiger partial charge < -0.3 is 0 Å². The number of amides is 1. The molecule has 10 heteroatoms. The van der Waals surface area contributed by atoms with E-state index in [4.69, 9.17) is 0 Å². The molecule has 0 unspecified atom stereocenters. The summed E-state index contributed by atoms with van der Waals surface area (Å²) in [4.78, 5) is 22.8. The summed E-state index contributed by atoms with van der Waals surface area (Å²) in [6, 6.07) is 22.8. The van der Waals surface area contributed by atoms with Crippen molar-refractivity contribution < 1.29 is 18.1 Å². The number of aryl methyl sites for hydroxylation is 1. The van der Waals surface area contributed by atoms with Crippen LogP contribution >= 0.6 is 0 Å². The number of hydrazone groups is 1. The predicted octanol–water partition coefficient (Wildman–Crippen LogP) is 3.92. The van der Waals surface area contributed by atoms with Crippen LogP contribution in [-0.4, -0.2) is 31.5 Å². The lowest BCUT2D eigenvalue weighted by Gasteiger charge is -2.23. The highest BCUT2D eigenvalue weighted by Gasteiger charge is 2.33. The maximum absolute atomic E-state index is 13.4. The fraction of sp³-hybridized carbons (Fsp3) is 0.167. The van der Waals surface area contributed by atoms with Crippen molar-refractivity contribution >= 4 is 33.0 Å². The largest absolute Gasteiger partial charge is 0.289 e. The van der Waals surface area contributed by atoms with Crippen molar-refractivity contribution in [1.82, 2.24) is 5.43 Å². The Morgan fingerprint density at radius 2 is 1.56 bits per heavy atom. The van der Waals surface area contributed by atoms with Gasteiger partial charge in [-0.1, -0.05) is 60.7 Å². The molecule has 0 heterocycles. The zero-order valence-electron chi connectivity index (χ0n) is 18.5. The molecule has 0 aliphatic carbocycles. The first kappa shape index (κ1) is 24.6. The summed E-state index contributed by atoms with van der Waals surface area (Å²) < 4.78 is 27.6. The maximum Gasteiger partial charge on any atom is 0.289 e. The van der Waals surface area contributed by atoms with Gasteiger partial charge in [0.05, 0.1) is 10.6 Å². The molecule has 0 aliphatic heterocycles. The highest BCUT2D eigenvalue weighted by atomic mass is 32.2. The van der Waals surface area contributed by atoms with Crippen molar-refractivity contribution in [3.63, 3.8) is 0 Å². The Morgan fingerprint density at radius 1 is 0.971 bits per heavy atom. The molecule has 1 amide bonds. The number of carbonyl (C=O) groups excluding carboxylic acids is 1. The van der Waals surface area contributed by atoms with Crippen molar-refractivity contribution in [3.05, 3.63) is 101 Å². The van der Waals surface area contributed by atoms with Crippen molar-refractivity contribution in [2.75, 3.05) is 10.8 Å². The van der Waals surface area contributed by atoms with Gasteiger partial charge in [0.25, 0.3) is 21.6 Å². The molecule has 3 rings (SSSR count). The summed E-state index contributed by atoms with van der Waals surface area (Å²) in [5.74, 6) is -0.676. The van der Waals surface area contributed by atoms with E-state index in [1.54, 1.807) is 25.1 Å². The molecular weight excluding hydrogens is 456 g/mol. The molecule has 0 radical (unpaired) electrons. The van der Waals surface area contributed by atoms with Gasteiger partial charge in [-0.3, -0.25) is 19.2 Å². The number of anilines is 1. The minimum atomic E-state index is -4.43. The van der Waals surface area contributed by atoms with E-state index in [1.165, 1.54) is 24.3 Å². The number of rotatable bonds is 10. The molecule has 34 heavy (non-hydrogen) atoms. The van der Waals surface area contributed by atoms with Crippen molar-refractivity contribution in [1.29, 1.82) is 0 Å². The second-order valence-electron chi connectivity index (χ2n) is 7.44. The molecule has 0 saturated heterocycles. The minimum Gasteiger partial charge on any atom is -0.271 e. The monoisotopic (exact) mass is 480 g/mol. The third kappa shape index (κ3) is 6.26. The molecule has 0 fully saturated rings. The first-order valence-electron chi connectivity index (χ1n) is 10.5. The number of nitro groups is 1. The minimum absolute atomic E-state index is 0.195. The van der Waals surface area contributed by atoms with E-state index in [-0.39, 0.29) is 5.69 Å². The summed E-state index contributed by atoms with van der Waals surface area (Å²) >= 11 is 0. The van der Waals surface area contributed by atoms with Gasteiger partial charge in [-0.15, -0.1) is 0 Å². The first-order chi connectivity index (χ1) is 16.3. The van der Waals surface area contributed by atoms with Crippen LogP contribution in [0.3, 0.4) is 0 Å². The smallest absolute Gasteiger partial charge is 0.271 e. The van der Waals surface area contributed by atoms with E-state index in [0.717, 1.165) is 28.4 Å². The molecule has 0 spiro atoms. The third-order valence-electron chi connectivity index (χ3n) is 4.95. The van der Waals surface area contributed by atoms with Crippen LogP contribution in [-0.2, 0) is 21.2 Å². The first-order valence-corrected chi connectivity index (χ1v) is 11.9. The summed E-state index contributed by atoms with van der Waals surface area (Å²) in [6.45, 7) is 1.16. The van der Waals surface area contributed by atoms with Crippen LogP contribution in [0.4, 0.5) is 11.4 Å². The average molecular weight is 481 g/mol. The van der Waals surface area contributed by atoms with Crippen LogP contribution in [0.5, 0.6) is 0 Å². The van der Waals surface area contributed by atoms with Gasteiger partial charge in [-0.2, -0.15) is 5.10 Å². The fourth-order valence-electron chi connectivity index (χ4n) is 3.20. The Balaban J connectivity index is 1.80. The Morgan fingerprint density at radius 3 is 2.21 bits per heavy atom. The molecule has 0 atom stereocenters. The zero-order chi connectivity index (χ0) is 24.6. The second-order valence-corrected chi connectivity index (χ2v) is 9.27. The maximum atomic E-state index is 13.4. The van der Waals surface area contributed by atoms with Gasteiger partial charge in [0.1, 0.15) is 6.54 Å². The number of nitro benzene ring substituents is 1. The Bertz CT molecular complexity index is 1280. The fourth-order valence-corrected chi connectivity index (χ4v) is 4.78. The Hall–Kier alpha value is -4.05. The molecule has 0 bridgehead atoms. The van der Waals surface area contributed by atoms with Gasteiger partial charge >= 0.3 is 0 Å². The number of para-hydroxylation sites is 2. The van der Waals surface area contributed by atoms with Crippen LogP contribution in [0.25, 0.3) is 0 Å². The van der Waals surface area contributed by atoms with Gasteiger partial charge in [0.2, 0.25) is 0 Å².